The van der Waals surface area contributed by atoms with Crippen LogP contribution in [0.4, 0.5) is 29.3 Å². The topological polar surface area (TPSA) is 107 Å². The first-order chi connectivity index (χ1) is 14.3. The van der Waals surface area contributed by atoms with Crippen molar-refractivity contribution in [2.45, 2.75) is 18.5 Å². The lowest BCUT2D eigenvalue weighted by atomic mass is 10.1. The van der Waals surface area contributed by atoms with Gasteiger partial charge < -0.3 is 10.0 Å². The van der Waals surface area contributed by atoms with Crippen LogP contribution < -0.4 is 9.62 Å². The van der Waals surface area contributed by atoms with Crippen LogP contribution in [0.3, 0.4) is 0 Å². The van der Waals surface area contributed by atoms with Gasteiger partial charge in [0.25, 0.3) is 0 Å². The molecule has 168 valence electrons. The van der Waals surface area contributed by atoms with E-state index < -0.39 is 34.7 Å². The van der Waals surface area contributed by atoms with E-state index in [9.17, 15) is 36.3 Å². The minimum atomic E-state index is -5.11. The van der Waals surface area contributed by atoms with Crippen molar-refractivity contribution in [1.82, 2.24) is 4.90 Å². The molecule has 0 spiro atoms. The van der Waals surface area contributed by atoms with Crippen molar-refractivity contribution in [3.05, 3.63) is 59.7 Å². The standard InChI is InChI=1S/C19H20F3N3O5S/c1-24(17(26)19(20,21)22)11-14-10-15(8-9-16(14)25(2)18(27)28)23-31(29,30)12-13-6-4-3-5-7-13/h3-10,23H,11-12H2,1-2H3,(H,27,28). The number of rotatable bonds is 7. The van der Waals surface area contributed by atoms with Crippen molar-refractivity contribution < 1.29 is 36.3 Å². The zero-order valence-electron chi connectivity index (χ0n) is 16.5. The predicted octanol–water partition coefficient (Wildman–Crippen LogP) is 3.26. The number of hydrogen-bond acceptors (Lipinski definition) is 4. The quantitative estimate of drug-likeness (QED) is 0.661. The van der Waals surface area contributed by atoms with Gasteiger partial charge in [0.05, 0.1) is 11.4 Å². The van der Waals surface area contributed by atoms with Crippen molar-refractivity contribution in [1.29, 1.82) is 0 Å². The summed E-state index contributed by atoms with van der Waals surface area (Å²) in [6.07, 6.45) is -6.49. The second kappa shape index (κ2) is 9.25. The molecule has 0 atom stereocenters. The highest BCUT2D eigenvalue weighted by molar-refractivity contribution is 7.91. The summed E-state index contributed by atoms with van der Waals surface area (Å²) >= 11 is 0. The molecular weight excluding hydrogens is 439 g/mol. The Morgan fingerprint density at radius 2 is 1.68 bits per heavy atom. The van der Waals surface area contributed by atoms with E-state index in [1.165, 1.54) is 25.2 Å². The van der Waals surface area contributed by atoms with Crippen LogP contribution in [0.15, 0.2) is 48.5 Å². The number of nitrogens with zero attached hydrogens (tertiary/aromatic N) is 2. The van der Waals surface area contributed by atoms with E-state index in [2.05, 4.69) is 4.72 Å². The van der Waals surface area contributed by atoms with Crippen molar-refractivity contribution >= 4 is 33.4 Å². The van der Waals surface area contributed by atoms with Crippen molar-refractivity contribution in [2.24, 2.45) is 0 Å². The summed E-state index contributed by atoms with van der Waals surface area (Å²) in [5, 5.41) is 9.21. The minimum Gasteiger partial charge on any atom is -0.465 e. The van der Waals surface area contributed by atoms with E-state index in [4.69, 9.17) is 0 Å². The van der Waals surface area contributed by atoms with E-state index in [0.29, 0.717) is 10.5 Å². The zero-order valence-corrected chi connectivity index (χ0v) is 17.4. The van der Waals surface area contributed by atoms with E-state index in [-0.39, 0.29) is 22.7 Å². The zero-order chi connectivity index (χ0) is 23.4. The number of alkyl halides is 3. The van der Waals surface area contributed by atoms with Crippen LogP contribution in [0.2, 0.25) is 0 Å². The first-order valence-corrected chi connectivity index (χ1v) is 10.4. The van der Waals surface area contributed by atoms with Crippen LogP contribution >= 0.6 is 0 Å². The molecule has 2 aromatic carbocycles. The van der Waals surface area contributed by atoms with Crippen LogP contribution in [0.5, 0.6) is 0 Å². The number of carbonyl (C=O) groups excluding carboxylic acids is 1. The monoisotopic (exact) mass is 459 g/mol. The molecule has 31 heavy (non-hydrogen) atoms. The number of carboxylic acid groups (broad SMARTS) is 1. The molecule has 0 heterocycles. The van der Waals surface area contributed by atoms with Gasteiger partial charge >= 0.3 is 18.2 Å². The van der Waals surface area contributed by atoms with Crippen molar-refractivity contribution in [3.8, 4) is 0 Å². The molecule has 0 unspecified atom stereocenters. The van der Waals surface area contributed by atoms with Crippen LogP contribution in [0, 0.1) is 0 Å². The van der Waals surface area contributed by atoms with E-state index >= 15 is 0 Å². The highest BCUT2D eigenvalue weighted by Gasteiger charge is 2.41. The summed E-state index contributed by atoms with van der Waals surface area (Å²) < 4.78 is 65.3. The Bertz CT molecular complexity index is 1060. The van der Waals surface area contributed by atoms with Gasteiger partial charge in [-0.25, -0.2) is 13.2 Å². The maximum atomic E-state index is 12.7. The van der Waals surface area contributed by atoms with E-state index in [0.717, 1.165) is 11.9 Å². The van der Waals surface area contributed by atoms with Crippen LogP contribution in [0.25, 0.3) is 0 Å². The third kappa shape index (κ3) is 6.60. The number of amides is 2. The van der Waals surface area contributed by atoms with Crippen LogP contribution in [-0.4, -0.2) is 50.7 Å². The Morgan fingerprint density at radius 3 is 2.23 bits per heavy atom. The number of halogens is 3. The van der Waals surface area contributed by atoms with Crippen LogP contribution in [-0.2, 0) is 27.1 Å². The summed E-state index contributed by atoms with van der Waals surface area (Å²) in [7, 11) is -1.78. The van der Waals surface area contributed by atoms with Crippen LogP contribution in [0.1, 0.15) is 11.1 Å². The molecule has 0 aliphatic heterocycles. The van der Waals surface area contributed by atoms with Gasteiger partial charge in [-0.3, -0.25) is 14.4 Å². The predicted molar refractivity (Wildman–Crippen MR) is 108 cm³/mol. The lowest BCUT2D eigenvalue weighted by Gasteiger charge is -2.23. The Hall–Kier alpha value is -3.28. The number of anilines is 2. The minimum absolute atomic E-state index is 0.000307. The number of benzene rings is 2. The van der Waals surface area contributed by atoms with Gasteiger partial charge in [-0.1, -0.05) is 30.3 Å². The van der Waals surface area contributed by atoms with Gasteiger partial charge in [0.1, 0.15) is 0 Å². The Kier molecular flexibility index (Phi) is 7.16. The number of hydrogen-bond donors (Lipinski definition) is 2. The molecule has 0 aromatic heterocycles. The molecule has 0 saturated heterocycles. The van der Waals surface area contributed by atoms with Gasteiger partial charge in [0, 0.05) is 26.3 Å². The lowest BCUT2D eigenvalue weighted by molar-refractivity contribution is -0.184. The highest BCUT2D eigenvalue weighted by atomic mass is 32.2. The normalized spacial score (nSPS) is 11.6. The SMILES string of the molecule is CN(Cc1cc(NS(=O)(=O)Cc2ccccc2)ccc1N(C)C(=O)O)C(=O)C(F)(F)F. The average molecular weight is 459 g/mol. The molecule has 2 aromatic rings. The Balaban J connectivity index is 2.34. The maximum Gasteiger partial charge on any atom is 0.471 e. The summed E-state index contributed by atoms with van der Waals surface area (Å²) in [6.45, 7) is -0.598. The summed E-state index contributed by atoms with van der Waals surface area (Å²) in [4.78, 5) is 23.9. The molecule has 0 saturated carbocycles. The molecule has 0 fully saturated rings. The van der Waals surface area contributed by atoms with Crippen molar-refractivity contribution in [2.75, 3.05) is 23.7 Å². The smallest absolute Gasteiger partial charge is 0.465 e. The lowest BCUT2D eigenvalue weighted by Crippen LogP contribution is -2.38. The van der Waals surface area contributed by atoms with Gasteiger partial charge in [-0.15, -0.1) is 0 Å². The highest BCUT2D eigenvalue weighted by Crippen LogP contribution is 2.27. The second-order valence-electron chi connectivity index (χ2n) is 6.69. The van der Waals surface area contributed by atoms with Gasteiger partial charge in [-0.2, -0.15) is 13.2 Å². The Labute approximate surface area is 176 Å². The Morgan fingerprint density at radius 1 is 1.06 bits per heavy atom. The molecule has 0 bridgehead atoms. The first-order valence-electron chi connectivity index (χ1n) is 8.76. The van der Waals surface area contributed by atoms with Gasteiger partial charge in [0.2, 0.25) is 10.0 Å². The molecular formula is C19H20F3N3O5S. The first kappa shape index (κ1) is 24.0. The summed E-state index contributed by atoms with van der Waals surface area (Å²) in [6, 6.07) is 12.0. The molecule has 2 rings (SSSR count). The third-order valence-electron chi connectivity index (χ3n) is 4.20. The second-order valence-corrected chi connectivity index (χ2v) is 8.41. The number of nitrogens with one attached hydrogen (secondary N) is 1. The average Bonchev–Trinajstić information content (AvgIpc) is 2.66. The van der Waals surface area contributed by atoms with E-state index in [1.807, 2.05) is 0 Å². The van der Waals surface area contributed by atoms with Gasteiger partial charge in [0.15, 0.2) is 0 Å². The number of sulfonamides is 1. The molecule has 8 nitrogen and oxygen atoms in total. The molecule has 2 N–H and O–H groups in total. The fourth-order valence-electron chi connectivity index (χ4n) is 2.76. The molecule has 0 aliphatic rings. The molecule has 0 aliphatic carbocycles. The number of carbonyl (C=O) groups is 2. The molecule has 0 radical (unpaired) electrons. The maximum absolute atomic E-state index is 12.7. The van der Waals surface area contributed by atoms with Crippen molar-refractivity contribution in [3.63, 3.8) is 0 Å². The largest absolute Gasteiger partial charge is 0.471 e. The third-order valence-corrected chi connectivity index (χ3v) is 5.46. The fraction of sp³-hybridized carbons (Fsp3) is 0.263. The molecule has 12 heteroatoms. The van der Waals surface area contributed by atoms with Gasteiger partial charge in [-0.05, 0) is 29.3 Å². The fourth-order valence-corrected chi connectivity index (χ4v) is 3.95. The van der Waals surface area contributed by atoms with E-state index in [1.54, 1.807) is 30.3 Å². The summed E-state index contributed by atoms with van der Waals surface area (Å²) in [5.74, 6) is -2.46. The molecule has 2 amide bonds. The summed E-state index contributed by atoms with van der Waals surface area (Å²) in [5.41, 5.74) is 0.541.